The van der Waals surface area contributed by atoms with Crippen LogP contribution in [0.4, 0.5) is 18.9 Å². The molecule has 0 amide bonds. The van der Waals surface area contributed by atoms with Crippen molar-refractivity contribution in [2.45, 2.75) is 43.2 Å². The molecule has 27 heavy (non-hydrogen) atoms. The first kappa shape index (κ1) is 19.5. The summed E-state index contributed by atoms with van der Waals surface area (Å²) in [6, 6.07) is 3.94. The Morgan fingerprint density at radius 2 is 2.00 bits per heavy atom. The molecule has 1 N–H and O–H groups in total. The lowest BCUT2D eigenvalue weighted by Crippen LogP contribution is -2.24. The topological polar surface area (TPSA) is 82.5 Å². The number of sulfonamides is 1. The Kier molecular flexibility index (Phi) is 5.61. The standard InChI is InChI=1S/C16H18F3N3O4S/c17-16(18,19)26-13-4-6-15(7-5-13)27(23,24)21-12-9-20-22(10-12)11-14-3-1-2-8-25-14/h4-7,9-10,14,21H,1-3,8,11H2. The van der Waals surface area contributed by atoms with Crippen LogP contribution in [-0.4, -0.2) is 37.3 Å². The molecule has 0 bridgehead atoms. The zero-order valence-corrected chi connectivity index (χ0v) is 15.0. The molecule has 1 aromatic heterocycles. The van der Waals surface area contributed by atoms with Gasteiger partial charge in [-0.05, 0) is 43.5 Å². The maximum absolute atomic E-state index is 12.4. The molecule has 0 spiro atoms. The molecule has 3 rings (SSSR count). The SMILES string of the molecule is O=S(=O)(Nc1cnn(CC2CCCCO2)c1)c1ccc(OC(F)(F)F)cc1. The van der Waals surface area contributed by atoms with Gasteiger partial charge in [0.1, 0.15) is 5.75 Å². The summed E-state index contributed by atoms with van der Waals surface area (Å²) in [4.78, 5) is -0.194. The van der Waals surface area contributed by atoms with E-state index in [0.717, 1.165) is 43.5 Å². The Morgan fingerprint density at radius 3 is 2.63 bits per heavy atom. The number of nitrogens with one attached hydrogen (secondary N) is 1. The minimum atomic E-state index is -4.84. The number of ether oxygens (including phenoxy) is 2. The Balaban J connectivity index is 1.64. The van der Waals surface area contributed by atoms with Crippen molar-refractivity contribution < 1.29 is 31.1 Å². The van der Waals surface area contributed by atoms with Crippen LogP contribution in [0.15, 0.2) is 41.6 Å². The molecule has 7 nitrogen and oxygen atoms in total. The van der Waals surface area contributed by atoms with Crippen LogP contribution in [-0.2, 0) is 21.3 Å². The highest BCUT2D eigenvalue weighted by Gasteiger charge is 2.31. The van der Waals surface area contributed by atoms with Crippen molar-refractivity contribution in [3.05, 3.63) is 36.7 Å². The van der Waals surface area contributed by atoms with Crippen molar-refractivity contribution in [2.24, 2.45) is 0 Å². The summed E-state index contributed by atoms with van der Waals surface area (Å²) < 4.78 is 74.5. The van der Waals surface area contributed by atoms with Crippen molar-refractivity contribution in [1.82, 2.24) is 9.78 Å². The summed E-state index contributed by atoms with van der Waals surface area (Å²) in [6.45, 7) is 1.23. The zero-order valence-electron chi connectivity index (χ0n) is 14.1. The Labute approximate surface area is 154 Å². The average molecular weight is 405 g/mol. The minimum absolute atomic E-state index is 0.0456. The molecule has 2 aromatic rings. The summed E-state index contributed by atoms with van der Waals surface area (Å²) >= 11 is 0. The molecule has 0 aliphatic carbocycles. The van der Waals surface area contributed by atoms with Gasteiger partial charge in [0, 0.05) is 12.8 Å². The molecule has 1 aliphatic heterocycles. The maximum atomic E-state index is 12.4. The normalized spacial score (nSPS) is 18.3. The van der Waals surface area contributed by atoms with E-state index in [4.69, 9.17) is 4.74 Å². The molecule has 1 aromatic carbocycles. The van der Waals surface area contributed by atoms with E-state index in [1.54, 1.807) is 4.68 Å². The molecule has 0 saturated carbocycles. The average Bonchev–Trinajstić information content (AvgIpc) is 3.01. The number of hydrogen-bond acceptors (Lipinski definition) is 5. The fourth-order valence-corrected chi connectivity index (χ4v) is 3.74. The molecule has 0 radical (unpaired) electrons. The highest BCUT2D eigenvalue weighted by molar-refractivity contribution is 7.92. The summed E-state index contributed by atoms with van der Waals surface area (Å²) in [6.07, 6.45) is 1.15. The van der Waals surface area contributed by atoms with E-state index >= 15 is 0 Å². The Morgan fingerprint density at radius 1 is 1.26 bits per heavy atom. The molecule has 1 fully saturated rings. The summed E-state index contributed by atoms with van der Waals surface area (Å²) in [7, 11) is -3.96. The first-order valence-electron chi connectivity index (χ1n) is 8.24. The number of hydrogen-bond donors (Lipinski definition) is 1. The van der Waals surface area contributed by atoms with Crippen LogP contribution >= 0.6 is 0 Å². The molecule has 11 heteroatoms. The molecule has 2 heterocycles. The summed E-state index contributed by atoms with van der Waals surface area (Å²) in [5, 5.41) is 4.11. The smallest absolute Gasteiger partial charge is 0.406 e. The molecular formula is C16H18F3N3O4S. The second kappa shape index (κ2) is 7.77. The second-order valence-electron chi connectivity index (χ2n) is 6.06. The largest absolute Gasteiger partial charge is 0.573 e. The fourth-order valence-electron chi connectivity index (χ4n) is 2.71. The van der Waals surface area contributed by atoms with Gasteiger partial charge in [-0.3, -0.25) is 9.40 Å². The molecule has 1 aliphatic rings. The van der Waals surface area contributed by atoms with Gasteiger partial charge in [0.05, 0.1) is 29.4 Å². The van der Waals surface area contributed by atoms with Crippen molar-refractivity contribution in [3.8, 4) is 5.75 Å². The van der Waals surface area contributed by atoms with Crippen molar-refractivity contribution >= 4 is 15.7 Å². The van der Waals surface area contributed by atoms with Crippen LogP contribution < -0.4 is 9.46 Å². The number of nitrogens with zero attached hydrogens (tertiary/aromatic N) is 2. The molecule has 148 valence electrons. The first-order valence-corrected chi connectivity index (χ1v) is 9.72. The van der Waals surface area contributed by atoms with Crippen LogP contribution in [0.2, 0.25) is 0 Å². The third-order valence-corrected chi connectivity index (χ3v) is 5.31. The second-order valence-corrected chi connectivity index (χ2v) is 7.75. The quantitative estimate of drug-likeness (QED) is 0.798. The third-order valence-electron chi connectivity index (χ3n) is 3.92. The van der Waals surface area contributed by atoms with Gasteiger partial charge in [-0.1, -0.05) is 0 Å². The highest BCUT2D eigenvalue weighted by Crippen LogP contribution is 2.25. The zero-order chi connectivity index (χ0) is 19.5. The number of alkyl halides is 3. The van der Waals surface area contributed by atoms with Crippen molar-refractivity contribution in [1.29, 1.82) is 0 Å². The van der Waals surface area contributed by atoms with Gasteiger partial charge in [-0.2, -0.15) is 5.10 Å². The van der Waals surface area contributed by atoms with E-state index in [0.29, 0.717) is 13.2 Å². The van der Waals surface area contributed by atoms with Gasteiger partial charge < -0.3 is 9.47 Å². The van der Waals surface area contributed by atoms with E-state index in [9.17, 15) is 21.6 Å². The highest BCUT2D eigenvalue weighted by atomic mass is 32.2. The number of aromatic nitrogens is 2. The summed E-state index contributed by atoms with van der Waals surface area (Å²) in [5.74, 6) is -0.498. The van der Waals surface area contributed by atoms with E-state index in [2.05, 4.69) is 14.6 Å². The van der Waals surface area contributed by atoms with Crippen LogP contribution in [0.25, 0.3) is 0 Å². The lowest BCUT2D eigenvalue weighted by atomic mass is 10.1. The predicted octanol–water partition coefficient (Wildman–Crippen LogP) is 3.15. The van der Waals surface area contributed by atoms with Gasteiger partial charge in [-0.15, -0.1) is 13.2 Å². The van der Waals surface area contributed by atoms with E-state index in [1.807, 2.05) is 0 Å². The van der Waals surface area contributed by atoms with E-state index in [-0.39, 0.29) is 16.7 Å². The molecule has 1 saturated heterocycles. The van der Waals surface area contributed by atoms with E-state index < -0.39 is 22.1 Å². The third kappa shape index (κ3) is 5.60. The minimum Gasteiger partial charge on any atom is -0.406 e. The fraction of sp³-hybridized carbons (Fsp3) is 0.438. The van der Waals surface area contributed by atoms with Crippen LogP contribution in [0.5, 0.6) is 5.75 Å². The number of halogens is 3. The number of anilines is 1. The Hall–Kier alpha value is -2.27. The van der Waals surface area contributed by atoms with Crippen molar-refractivity contribution in [2.75, 3.05) is 11.3 Å². The van der Waals surface area contributed by atoms with Gasteiger partial charge >= 0.3 is 6.36 Å². The van der Waals surface area contributed by atoms with Gasteiger partial charge in [0.25, 0.3) is 10.0 Å². The van der Waals surface area contributed by atoms with Crippen molar-refractivity contribution in [3.63, 3.8) is 0 Å². The maximum Gasteiger partial charge on any atom is 0.573 e. The number of benzene rings is 1. The summed E-state index contributed by atoms with van der Waals surface area (Å²) in [5.41, 5.74) is 0.251. The molecular weight excluding hydrogens is 387 g/mol. The van der Waals surface area contributed by atoms with Gasteiger partial charge in [-0.25, -0.2) is 8.42 Å². The molecule has 1 atom stereocenters. The Bertz CT molecular complexity index is 860. The van der Waals surface area contributed by atoms with Crippen LogP contribution in [0, 0.1) is 0 Å². The predicted molar refractivity (Wildman–Crippen MR) is 89.8 cm³/mol. The van der Waals surface area contributed by atoms with Crippen LogP contribution in [0.1, 0.15) is 19.3 Å². The monoisotopic (exact) mass is 405 g/mol. The van der Waals surface area contributed by atoms with Gasteiger partial charge in [0.15, 0.2) is 0 Å². The lowest BCUT2D eigenvalue weighted by Gasteiger charge is -2.22. The van der Waals surface area contributed by atoms with E-state index in [1.165, 1.54) is 12.4 Å². The lowest BCUT2D eigenvalue weighted by molar-refractivity contribution is -0.274. The number of rotatable bonds is 6. The molecule has 1 unspecified atom stereocenters. The van der Waals surface area contributed by atoms with Gasteiger partial charge in [0.2, 0.25) is 0 Å². The first-order chi connectivity index (χ1) is 12.7. The van der Waals surface area contributed by atoms with Crippen LogP contribution in [0.3, 0.4) is 0 Å².